The van der Waals surface area contributed by atoms with Gasteiger partial charge >= 0.3 is 0 Å². The van der Waals surface area contributed by atoms with Gasteiger partial charge < -0.3 is 9.80 Å². The minimum Gasteiger partial charge on any atom is -0.338 e. The molecule has 0 radical (unpaired) electrons. The fraction of sp³-hybridized carbons (Fsp3) is 0.857. The minimum atomic E-state index is 0.113. The molecule has 26 heavy (non-hydrogen) atoms. The van der Waals surface area contributed by atoms with Crippen molar-refractivity contribution >= 4 is 17.6 Å². The predicted molar refractivity (Wildman–Crippen MR) is 107 cm³/mol. The van der Waals surface area contributed by atoms with E-state index >= 15 is 0 Å². The van der Waals surface area contributed by atoms with E-state index in [-0.39, 0.29) is 41.8 Å². The van der Waals surface area contributed by atoms with E-state index in [0.29, 0.717) is 38.5 Å². The van der Waals surface area contributed by atoms with Crippen molar-refractivity contribution in [3.05, 3.63) is 0 Å². The Bertz CT molecular complexity index is 400. The molecule has 5 heteroatoms. The quantitative estimate of drug-likeness (QED) is 0.519. The van der Waals surface area contributed by atoms with E-state index in [4.69, 9.17) is 0 Å². The molecule has 0 aromatic heterocycles. The largest absolute Gasteiger partial charge is 0.338 e. The molecule has 0 aromatic carbocycles. The molecular formula is C21H40N2O3. The molecule has 5 nitrogen and oxygen atoms in total. The van der Waals surface area contributed by atoms with Crippen molar-refractivity contribution in [1.29, 1.82) is 0 Å². The number of amides is 2. The van der Waals surface area contributed by atoms with Crippen LogP contribution < -0.4 is 0 Å². The molecule has 2 amide bonds. The molecular weight excluding hydrogens is 328 g/mol. The second kappa shape index (κ2) is 12.1. The molecule has 0 spiro atoms. The second-order valence-electron chi connectivity index (χ2n) is 8.22. The maximum Gasteiger partial charge on any atom is 0.223 e. The molecule has 0 fully saturated rings. The van der Waals surface area contributed by atoms with Gasteiger partial charge in [0.25, 0.3) is 0 Å². The van der Waals surface area contributed by atoms with Gasteiger partial charge in [-0.1, -0.05) is 0 Å². The number of Topliss-reactive ketones (excluding diaryl/α,β-unsaturated/α-hetero) is 1. The van der Waals surface area contributed by atoms with Crippen LogP contribution in [-0.2, 0) is 14.4 Å². The number of nitrogens with zero attached hydrogens (tertiary/aromatic N) is 2. The van der Waals surface area contributed by atoms with Crippen molar-refractivity contribution in [2.24, 2.45) is 0 Å². The first kappa shape index (κ1) is 24.6. The molecule has 0 N–H and O–H groups in total. The molecule has 0 aliphatic heterocycles. The Morgan fingerprint density at radius 2 is 0.808 bits per heavy atom. The van der Waals surface area contributed by atoms with Gasteiger partial charge in [-0.25, -0.2) is 0 Å². The van der Waals surface area contributed by atoms with Crippen LogP contribution in [0, 0.1) is 0 Å². The van der Waals surface area contributed by atoms with E-state index in [1.165, 1.54) is 0 Å². The Hall–Kier alpha value is -1.39. The Morgan fingerprint density at radius 3 is 1.04 bits per heavy atom. The lowest BCUT2D eigenvalue weighted by Crippen LogP contribution is -2.42. The Balaban J connectivity index is 4.18. The molecule has 0 bridgehead atoms. The predicted octanol–water partition coefficient (Wildman–Crippen LogP) is 4.19. The number of ketones is 1. The summed E-state index contributed by atoms with van der Waals surface area (Å²) in [7, 11) is 0. The number of hydrogen-bond acceptors (Lipinski definition) is 3. The van der Waals surface area contributed by atoms with Crippen LogP contribution in [0.15, 0.2) is 0 Å². The third-order valence-corrected chi connectivity index (χ3v) is 4.49. The summed E-state index contributed by atoms with van der Waals surface area (Å²) in [6.07, 6.45) is 2.84. The van der Waals surface area contributed by atoms with Gasteiger partial charge in [-0.3, -0.25) is 14.4 Å². The first-order valence-electron chi connectivity index (χ1n) is 10.1. The van der Waals surface area contributed by atoms with Gasteiger partial charge in [-0.2, -0.15) is 0 Å². The van der Waals surface area contributed by atoms with E-state index in [9.17, 15) is 14.4 Å². The number of carbonyl (C=O) groups excluding carboxylic acids is 3. The van der Waals surface area contributed by atoms with Crippen molar-refractivity contribution in [3.8, 4) is 0 Å². The maximum absolute atomic E-state index is 12.3. The fourth-order valence-corrected chi connectivity index (χ4v) is 3.60. The summed E-state index contributed by atoms with van der Waals surface area (Å²) in [4.78, 5) is 40.3. The van der Waals surface area contributed by atoms with Gasteiger partial charge in [0.15, 0.2) is 0 Å². The first-order chi connectivity index (χ1) is 12.0. The van der Waals surface area contributed by atoms with Crippen molar-refractivity contribution in [2.75, 3.05) is 0 Å². The summed E-state index contributed by atoms with van der Waals surface area (Å²) < 4.78 is 0. The molecule has 0 atom stereocenters. The number of hydrogen-bond donors (Lipinski definition) is 0. The molecule has 0 aromatic rings. The fourth-order valence-electron chi connectivity index (χ4n) is 3.60. The zero-order valence-electron chi connectivity index (χ0n) is 18.2. The molecule has 0 heterocycles. The molecule has 0 aliphatic carbocycles. The standard InChI is InChI=1S/C21H40N2O3/c1-15(2)22(16(3)4)20(25)13-9-11-19(24)12-10-14-21(26)23(17(5)6)18(7)8/h15-18H,9-14H2,1-8H3. The molecule has 0 rings (SSSR count). The van der Waals surface area contributed by atoms with Crippen LogP contribution in [0.5, 0.6) is 0 Å². The van der Waals surface area contributed by atoms with Crippen molar-refractivity contribution < 1.29 is 14.4 Å². The Labute approximate surface area is 160 Å². The summed E-state index contributed by atoms with van der Waals surface area (Å²) >= 11 is 0. The smallest absolute Gasteiger partial charge is 0.223 e. The lowest BCUT2D eigenvalue weighted by Gasteiger charge is -2.31. The topological polar surface area (TPSA) is 57.7 Å². The Kier molecular flexibility index (Phi) is 11.4. The third kappa shape index (κ3) is 8.81. The highest BCUT2D eigenvalue weighted by Crippen LogP contribution is 2.13. The molecule has 0 aliphatic rings. The highest BCUT2D eigenvalue weighted by atomic mass is 16.2. The molecule has 0 saturated heterocycles. The summed E-state index contributed by atoms with van der Waals surface area (Å²) in [6, 6.07) is 0.700. The van der Waals surface area contributed by atoms with E-state index < -0.39 is 0 Å². The van der Waals surface area contributed by atoms with Gasteiger partial charge in [0.05, 0.1) is 0 Å². The van der Waals surface area contributed by atoms with E-state index in [1.807, 2.05) is 65.2 Å². The molecule has 0 unspecified atom stereocenters. The number of carbonyl (C=O) groups is 3. The molecule has 0 saturated carbocycles. The van der Waals surface area contributed by atoms with Crippen LogP contribution in [0.4, 0.5) is 0 Å². The van der Waals surface area contributed by atoms with Gasteiger partial charge in [0.2, 0.25) is 11.8 Å². The van der Waals surface area contributed by atoms with Gasteiger partial charge in [-0.05, 0) is 68.2 Å². The van der Waals surface area contributed by atoms with Gasteiger partial charge in [0.1, 0.15) is 5.78 Å². The van der Waals surface area contributed by atoms with E-state index in [1.54, 1.807) is 0 Å². The third-order valence-electron chi connectivity index (χ3n) is 4.49. The van der Waals surface area contributed by atoms with E-state index in [0.717, 1.165) is 0 Å². The summed E-state index contributed by atoms with van der Waals surface area (Å²) in [5.74, 6) is 0.372. The summed E-state index contributed by atoms with van der Waals surface area (Å²) in [6.45, 7) is 16.1. The SMILES string of the molecule is CC(C)N(C(=O)CCCC(=O)CCCC(=O)N(C(C)C)C(C)C)C(C)C. The second-order valence-corrected chi connectivity index (χ2v) is 8.22. The highest BCUT2D eigenvalue weighted by molar-refractivity contribution is 5.81. The lowest BCUT2D eigenvalue weighted by atomic mass is 10.1. The van der Waals surface area contributed by atoms with Crippen LogP contribution in [0.1, 0.15) is 93.9 Å². The van der Waals surface area contributed by atoms with Crippen LogP contribution in [0.2, 0.25) is 0 Å². The van der Waals surface area contributed by atoms with Crippen LogP contribution in [-0.4, -0.2) is 51.6 Å². The average Bonchev–Trinajstić information content (AvgIpc) is 2.45. The van der Waals surface area contributed by atoms with Crippen molar-refractivity contribution in [1.82, 2.24) is 9.80 Å². The van der Waals surface area contributed by atoms with Crippen LogP contribution in [0.25, 0.3) is 0 Å². The minimum absolute atomic E-state index is 0.113. The monoisotopic (exact) mass is 368 g/mol. The van der Waals surface area contributed by atoms with Crippen molar-refractivity contribution in [3.63, 3.8) is 0 Å². The lowest BCUT2D eigenvalue weighted by molar-refractivity contribution is -0.135. The van der Waals surface area contributed by atoms with Gasteiger partial charge in [0, 0.05) is 49.9 Å². The zero-order valence-corrected chi connectivity index (χ0v) is 18.2. The molecule has 152 valence electrons. The van der Waals surface area contributed by atoms with E-state index in [2.05, 4.69) is 0 Å². The van der Waals surface area contributed by atoms with Crippen LogP contribution >= 0.6 is 0 Å². The zero-order chi connectivity index (χ0) is 20.4. The van der Waals surface area contributed by atoms with Gasteiger partial charge in [-0.15, -0.1) is 0 Å². The normalized spacial score (nSPS) is 11.5. The Morgan fingerprint density at radius 1 is 0.538 bits per heavy atom. The number of rotatable bonds is 12. The summed E-state index contributed by atoms with van der Waals surface area (Å²) in [5.41, 5.74) is 0. The van der Waals surface area contributed by atoms with Crippen LogP contribution in [0.3, 0.4) is 0 Å². The highest BCUT2D eigenvalue weighted by Gasteiger charge is 2.21. The average molecular weight is 369 g/mol. The summed E-state index contributed by atoms with van der Waals surface area (Å²) in [5, 5.41) is 0. The first-order valence-corrected chi connectivity index (χ1v) is 10.1. The van der Waals surface area contributed by atoms with Crippen molar-refractivity contribution in [2.45, 2.75) is 118 Å². The maximum atomic E-state index is 12.3.